The maximum absolute atomic E-state index is 11.1. The molecule has 0 atom stereocenters. The lowest BCUT2D eigenvalue weighted by Gasteiger charge is -2.08. The van der Waals surface area contributed by atoms with Gasteiger partial charge in [0.05, 0.1) is 0 Å². The van der Waals surface area contributed by atoms with Crippen LogP contribution in [0.15, 0.2) is 4.79 Å². The number of aryl methyl sites for hydroxylation is 1. The van der Waals surface area contributed by atoms with E-state index < -0.39 is 3.79 Å². The van der Waals surface area contributed by atoms with Crippen LogP contribution in [-0.4, -0.2) is 13.6 Å². The quantitative estimate of drug-likeness (QED) is 0.782. The molecule has 13 heavy (non-hydrogen) atoms. The summed E-state index contributed by atoms with van der Waals surface area (Å²) in [6, 6.07) is 0. The summed E-state index contributed by atoms with van der Waals surface area (Å²) < 4.78 is -0.000874. The van der Waals surface area contributed by atoms with Crippen LogP contribution in [0.5, 0.6) is 0 Å². The molecule has 0 aromatic carbocycles. The Morgan fingerprint density at radius 2 is 2.08 bits per heavy atom. The van der Waals surface area contributed by atoms with Gasteiger partial charge in [-0.25, -0.2) is 4.68 Å². The number of halogens is 4. The molecule has 0 spiro atoms. The Kier molecular flexibility index (Phi) is 3.89. The van der Waals surface area contributed by atoms with Crippen molar-refractivity contribution in [2.24, 2.45) is 0 Å². The Hall–Kier alpha value is 0.520. The fourth-order valence-electron chi connectivity index (χ4n) is 0.655. The Bertz CT molecular complexity index is 341. The van der Waals surface area contributed by atoms with Crippen LogP contribution in [0, 0.1) is 0 Å². The first-order valence-electron chi connectivity index (χ1n) is 3.19. The number of nitrogens with zero attached hydrogens (tertiary/aromatic N) is 2. The summed E-state index contributed by atoms with van der Waals surface area (Å²) in [7, 11) is 0. The summed E-state index contributed by atoms with van der Waals surface area (Å²) in [5.41, 5.74) is 0. The molecule has 0 saturated heterocycles. The molecular weight excluding hydrogens is 278 g/mol. The van der Waals surface area contributed by atoms with Gasteiger partial charge in [-0.05, 0) is 22.9 Å². The second-order valence-electron chi connectivity index (χ2n) is 2.21. The number of aromatic nitrogens is 2. The van der Waals surface area contributed by atoms with E-state index in [2.05, 4.69) is 5.10 Å². The number of hydrogen-bond donors (Lipinski definition) is 0. The van der Waals surface area contributed by atoms with Gasteiger partial charge in [0.15, 0.2) is 3.79 Å². The second-order valence-corrected chi connectivity index (χ2v) is 6.25. The fraction of sp³-hybridized carbons (Fsp3) is 0.600. The predicted octanol–water partition coefficient (Wildman–Crippen LogP) is 2.72. The molecule has 3 nitrogen and oxygen atoms in total. The van der Waals surface area contributed by atoms with Crippen molar-refractivity contribution in [2.75, 3.05) is 0 Å². The molecule has 8 heteroatoms. The first-order valence-corrected chi connectivity index (χ1v) is 5.51. The lowest BCUT2D eigenvalue weighted by molar-refractivity contribution is 0.571. The molecule has 0 bridgehead atoms. The third kappa shape index (κ3) is 4.04. The van der Waals surface area contributed by atoms with E-state index in [1.54, 1.807) is 0 Å². The minimum absolute atomic E-state index is 0.189. The smallest absolute Gasteiger partial charge is 0.255 e. The van der Waals surface area contributed by atoms with Gasteiger partial charge < -0.3 is 0 Å². The maximum atomic E-state index is 11.1. The third-order valence-electron chi connectivity index (χ3n) is 1.19. The lowest BCUT2D eigenvalue weighted by atomic mass is 10.5. The molecular formula is C5H4Cl4N2OS. The van der Waals surface area contributed by atoms with Crippen molar-refractivity contribution < 1.29 is 0 Å². The minimum Gasteiger partial charge on any atom is -0.255 e. The zero-order chi connectivity index (χ0) is 10.1. The molecule has 0 saturated carbocycles. The van der Waals surface area contributed by atoms with Gasteiger partial charge in [-0.15, -0.1) is 5.10 Å². The van der Waals surface area contributed by atoms with Crippen LogP contribution in [0.4, 0.5) is 0 Å². The Balaban J connectivity index is 2.65. The predicted molar refractivity (Wildman–Crippen MR) is 56.3 cm³/mol. The zero-order valence-corrected chi connectivity index (χ0v) is 9.98. The van der Waals surface area contributed by atoms with Gasteiger partial charge in [0.2, 0.25) is 4.47 Å². The Morgan fingerprint density at radius 1 is 1.46 bits per heavy atom. The van der Waals surface area contributed by atoms with Crippen LogP contribution >= 0.6 is 57.7 Å². The molecule has 1 aromatic rings. The highest BCUT2D eigenvalue weighted by Gasteiger charge is 2.20. The monoisotopic (exact) mass is 280 g/mol. The largest absolute Gasteiger partial charge is 0.326 e. The third-order valence-corrected chi connectivity index (χ3v) is 2.70. The van der Waals surface area contributed by atoms with Gasteiger partial charge >= 0.3 is 4.87 Å². The highest BCUT2D eigenvalue weighted by molar-refractivity contribution is 7.13. The molecule has 1 aromatic heterocycles. The maximum Gasteiger partial charge on any atom is 0.326 e. The molecule has 1 heterocycles. The van der Waals surface area contributed by atoms with Gasteiger partial charge in [0.1, 0.15) is 0 Å². The van der Waals surface area contributed by atoms with E-state index in [4.69, 9.17) is 46.4 Å². The molecule has 0 aliphatic heterocycles. The van der Waals surface area contributed by atoms with E-state index in [0.29, 0.717) is 0 Å². The average molecular weight is 282 g/mol. The van der Waals surface area contributed by atoms with Crippen LogP contribution < -0.4 is 4.87 Å². The number of hydrogen-bond acceptors (Lipinski definition) is 3. The second kappa shape index (κ2) is 4.36. The van der Waals surface area contributed by atoms with Crippen LogP contribution in [0.1, 0.15) is 6.42 Å². The average Bonchev–Trinajstić information content (AvgIpc) is 2.24. The van der Waals surface area contributed by atoms with Crippen LogP contribution in [0.3, 0.4) is 0 Å². The molecule has 74 valence electrons. The van der Waals surface area contributed by atoms with Crippen LogP contribution in [-0.2, 0) is 6.54 Å². The number of rotatable bonds is 2. The van der Waals surface area contributed by atoms with E-state index >= 15 is 0 Å². The van der Waals surface area contributed by atoms with Crippen molar-refractivity contribution in [3.63, 3.8) is 0 Å². The van der Waals surface area contributed by atoms with Gasteiger partial charge in [0, 0.05) is 13.0 Å². The topological polar surface area (TPSA) is 34.9 Å². The highest BCUT2D eigenvalue weighted by atomic mass is 35.6. The summed E-state index contributed by atoms with van der Waals surface area (Å²) in [5.74, 6) is 0. The van der Waals surface area contributed by atoms with Gasteiger partial charge in [-0.2, -0.15) is 0 Å². The standard InChI is InChI=1S/C5H4Cl4N2OS/c6-3-10-11(4(12)13-3)2-1-5(7,8)9/h1-2H2. The molecule has 0 aliphatic rings. The molecule has 1 rings (SSSR count). The van der Waals surface area contributed by atoms with Crippen molar-refractivity contribution in [1.29, 1.82) is 0 Å². The SMILES string of the molecule is O=c1sc(Cl)nn1CCC(Cl)(Cl)Cl. The fourth-order valence-corrected chi connectivity index (χ4v) is 1.72. The molecule has 0 aliphatic carbocycles. The number of alkyl halides is 3. The molecule has 0 unspecified atom stereocenters. The summed E-state index contributed by atoms with van der Waals surface area (Å²) in [4.78, 5) is 10.8. The minimum atomic E-state index is -1.37. The molecule has 0 amide bonds. The lowest BCUT2D eigenvalue weighted by Crippen LogP contribution is -2.18. The van der Waals surface area contributed by atoms with Crippen molar-refractivity contribution in [3.05, 3.63) is 14.1 Å². The summed E-state index contributed by atoms with van der Waals surface area (Å²) in [6.07, 6.45) is 0.220. The summed E-state index contributed by atoms with van der Waals surface area (Å²) >= 11 is 22.9. The first kappa shape index (κ1) is 11.6. The Morgan fingerprint density at radius 3 is 2.46 bits per heavy atom. The molecule has 0 N–H and O–H groups in total. The van der Waals surface area contributed by atoms with Crippen molar-refractivity contribution in [1.82, 2.24) is 9.78 Å². The normalized spacial score (nSPS) is 12.0. The molecule has 0 fully saturated rings. The van der Waals surface area contributed by atoms with Gasteiger partial charge in [-0.3, -0.25) is 4.79 Å². The van der Waals surface area contributed by atoms with Crippen molar-refractivity contribution >= 4 is 57.7 Å². The van der Waals surface area contributed by atoms with E-state index in [0.717, 1.165) is 11.3 Å². The highest BCUT2D eigenvalue weighted by Crippen LogP contribution is 2.30. The van der Waals surface area contributed by atoms with Crippen LogP contribution in [0.25, 0.3) is 0 Å². The van der Waals surface area contributed by atoms with Crippen LogP contribution in [0.2, 0.25) is 4.47 Å². The first-order chi connectivity index (χ1) is 5.88. The van der Waals surface area contributed by atoms with Gasteiger partial charge in [0.25, 0.3) is 0 Å². The van der Waals surface area contributed by atoms with Gasteiger partial charge in [-0.1, -0.05) is 34.8 Å². The molecule has 0 radical (unpaired) electrons. The zero-order valence-electron chi connectivity index (χ0n) is 6.14. The summed E-state index contributed by atoms with van der Waals surface area (Å²) in [5, 5.41) is 3.73. The van der Waals surface area contributed by atoms with Crippen molar-refractivity contribution in [2.45, 2.75) is 16.8 Å². The Labute approximate surface area is 98.2 Å². The van der Waals surface area contributed by atoms with E-state index in [-0.39, 0.29) is 22.3 Å². The van der Waals surface area contributed by atoms with E-state index in [9.17, 15) is 4.79 Å². The van der Waals surface area contributed by atoms with E-state index in [1.165, 1.54) is 4.68 Å². The van der Waals surface area contributed by atoms with E-state index in [1.807, 2.05) is 0 Å². The van der Waals surface area contributed by atoms with Crippen molar-refractivity contribution in [3.8, 4) is 0 Å². The summed E-state index contributed by atoms with van der Waals surface area (Å²) in [6.45, 7) is 0.249.